The van der Waals surface area contributed by atoms with Crippen LogP contribution in [-0.2, 0) is 25.5 Å². The second-order valence-electron chi connectivity index (χ2n) is 12.1. The van der Waals surface area contributed by atoms with Gasteiger partial charge < -0.3 is 29.7 Å². The van der Waals surface area contributed by atoms with E-state index in [9.17, 15) is 19.2 Å². The third-order valence-corrected chi connectivity index (χ3v) is 9.69. The number of hydrogen-bond acceptors (Lipinski definition) is 7. The van der Waals surface area contributed by atoms with Crippen molar-refractivity contribution in [2.75, 3.05) is 13.7 Å². The Morgan fingerprint density at radius 3 is 2.35 bits per heavy atom. The summed E-state index contributed by atoms with van der Waals surface area (Å²) in [7, 11) is 1.26. The van der Waals surface area contributed by atoms with Gasteiger partial charge >= 0.3 is 35.0 Å². The Labute approximate surface area is 295 Å². The smallest absolute Gasteiger partial charge is 0.657 e. The molecule has 3 aromatic rings. The van der Waals surface area contributed by atoms with Gasteiger partial charge in [0.15, 0.2) is 5.78 Å². The molecular weight excluding hydrogens is 621 g/mol. The second-order valence-corrected chi connectivity index (χ2v) is 12.1. The summed E-state index contributed by atoms with van der Waals surface area (Å²) < 4.78 is 10.4. The first-order valence-electron chi connectivity index (χ1n) is 15.9. The maximum atomic E-state index is 14.1. The van der Waals surface area contributed by atoms with Crippen molar-refractivity contribution in [1.82, 2.24) is 20.3 Å². The number of hydrogen-bond donors (Lipinski definition) is 1. The molecule has 244 valence electrons. The molecule has 6 rings (SSSR count). The van der Waals surface area contributed by atoms with Crippen LogP contribution in [0.2, 0.25) is 0 Å². The molecule has 8 bridgehead atoms. The van der Waals surface area contributed by atoms with Crippen molar-refractivity contribution in [2.24, 2.45) is 17.8 Å². The summed E-state index contributed by atoms with van der Waals surface area (Å²) in [4.78, 5) is 67.1. The summed E-state index contributed by atoms with van der Waals surface area (Å²) in [5.41, 5.74) is 8.08. The molecule has 5 heterocycles. The standard InChI is InChI=1S/C37H38N4O6.Mg/c1-8-20-17(4)24-13-25-18(5)22(11-12-30(43)47-10-3)34(40-25)32-33(37(45)46-7)36(44)31-19(6)26(41-35(31)32)14-28-21(9-2)23(16-42)29(39-28)15-27(20)38-24;/h8,13-16,18,22,33H,1,9-12H2,2-7H3,(H2,40,41,42,44);/q-2;+2/p-1/b25-13-,29-15-;/t18-,22-,33+;/m0./s1. The van der Waals surface area contributed by atoms with E-state index in [2.05, 4.69) is 11.9 Å². The van der Waals surface area contributed by atoms with E-state index in [4.69, 9.17) is 24.4 Å². The van der Waals surface area contributed by atoms with E-state index in [1.165, 1.54) is 7.11 Å². The quantitative estimate of drug-likeness (QED) is 0.166. The zero-order valence-corrected chi connectivity index (χ0v) is 29.6. The molecule has 3 aliphatic rings. The molecule has 3 aromatic heterocycles. The second kappa shape index (κ2) is 13.6. The van der Waals surface area contributed by atoms with Gasteiger partial charge in [-0.1, -0.05) is 61.4 Å². The van der Waals surface area contributed by atoms with Crippen LogP contribution >= 0.6 is 0 Å². The molecule has 10 nitrogen and oxygen atoms in total. The minimum atomic E-state index is -1.22. The summed E-state index contributed by atoms with van der Waals surface area (Å²) in [6, 6.07) is 0. The number of nitrogens with zero attached hydrogens (tertiary/aromatic N) is 3. The molecule has 11 heteroatoms. The van der Waals surface area contributed by atoms with Crippen LogP contribution in [0.4, 0.5) is 0 Å². The Kier molecular flexibility index (Phi) is 9.93. The number of ketones is 1. The minimum absolute atomic E-state index is 0. The minimum Gasteiger partial charge on any atom is -0.657 e. The summed E-state index contributed by atoms with van der Waals surface area (Å²) >= 11 is 0. The van der Waals surface area contributed by atoms with Gasteiger partial charge in [0, 0.05) is 40.8 Å². The van der Waals surface area contributed by atoms with Gasteiger partial charge in [-0.15, -0.1) is 33.5 Å². The van der Waals surface area contributed by atoms with Gasteiger partial charge in [-0.2, -0.15) is 0 Å². The first-order valence-corrected chi connectivity index (χ1v) is 15.9. The van der Waals surface area contributed by atoms with Crippen LogP contribution in [0, 0.1) is 31.6 Å². The van der Waals surface area contributed by atoms with Gasteiger partial charge in [0.2, 0.25) is 0 Å². The largest absolute Gasteiger partial charge is 2.00 e. The average molecular weight is 658 g/mol. The molecule has 0 aromatic carbocycles. The molecule has 0 saturated carbocycles. The Bertz CT molecular complexity index is 2060. The number of fused-ring (bicyclic) bond motifs is 7. The number of carbonyl (C=O) groups is 4. The van der Waals surface area contributed by atoms with Crippen molar-refractivity contribution >= 4 is 76.9 Å². The zero-order chi connectivity index (χ0) is 33.7. The molecule has 3 atom stereocenters. The number of rotatable bonds is 8. The van der Waals surface area contributed by atoms with Crippen molar-refractivity contribution in [3.8, 4) is 0 Å². The Balaban J connectivity index is 0.00000451. The molecule has 0 unspecified atom stereocenters. The Morgan fingerprint density at radius 1 is 1.00 bits per heavy atom. The van der Waals surface area contributed by atoms with E-state index in [1.54, 1.807) is 26.0 Å². The Hall–Kier alpha value is -4.35. The van der Waals surface area contributed by atoms with Crippen LogP contribution in [0.3, 0.4) is 0 Å². The molecule has 48 heavy (non-hydrogen) atoms. The van der Waals surface area contributed by atoms with E-state index in [0.717, 1.165) is 28.7 Å². The van der Waals surface area contributed by atoms with Crippen LogP contribution in [0.15, 0.2) is 18.0 Å². The maximum Gasteiger partial charge on any atom is 2.00 e. The monoisotopic (exact) mass is 657 g/mol. The summed E-state index contributed by atoms with van der Waals surface area (Å²) in [5, 5.41) is 4.62. The van der Waals surface area contributed by atoms with Crippen molar-refractivity contribution in [3.05, 3.63) is 84.8 Å². The molecule has 2 aliphatic heterocycles. The maximum absolute atomic E-state index is 14.1. The molecule has 1 N–H and O–H groups in total. The predicted molar refractivity (Wildman–Crippen MR) is 182 cm³/mol. The fraction of sp³-hybridized carbons (Fsp3) is 0.351. The molecule has 1 fully saturated rings. The van der Waals surface area contributed by atoms with E-state index >= 15 is 0 Å². The fourth-order valence-electron chi connectivity index (χ4n) is 7.21. The first kappa shape index (κ1) is 35.0. The fourth-order valence-corrected chi connectivity index (χ4v) is 7.21. The molecule has 0 spiro atoms. The predicted octanol–water partition coefficient (Wildman–Crippen LogP) is 2.72. The van der Waals surface area contributed by atoms with Gasteiger partial charge in [0.05, 0.1) is 13.7 Å². The van der Waals surface area contributed by atoms with Crippen molar-refractivity contribution in [1.29, 1.82) is 0 Å². The number of ether oxygens (including phenoxy) is 2. The number of allylic oxidation sites excluding steroid dienone is 2. The number of aldehydes is 1. The van der Waals surface area contributed by atoms with Crippen LogP contribution in [0.25, 0.3) is 29.9 Å². The molecular formula is C37H37MgN4O6-. The van der Waals surface area contributed by atoms with E-state index in [-0.39, 0.29) is 53.9 Å². The zero-order valence-electron chi connectivity index (χ0n) is 28.2. The number of nitrogens with one attached hydrogen (secondary N) is 1. The average Bonchev–Trinajstić information content (AvgIpc) is 3.80. The van der Waals surface area contributed by atoms with Crippen molar-refractivity contribution in [2.45, 2.75) is 53.9 Å². The van der Waals surface area contributed by atoms with Crippen LogP contribution in [-0.4, -0.2) is 60.8 Å². The Morgan fingerprint density at radius 2 is 1.71 bits per heavy atom. The number of aromatic nitrogens is 3. The van der Waals surface area contributed by atoms with Crippen molar-refractivity contribution in [3.63, 3.8) is 0 Å². The van der Waals surface area contributed by atoms with E-state index in [0.29, 0.717) is 74.3 Å². The van der Waals surface area contributed by atoms with Crippen LogP contribution < -0.4 is 31.0 Å². The number of Topliss-reactive ketones (excluding diaryl/α,β-unsaturated/α-hetero) is 1. The summed E-state index contributed by atoms with van der Waals surface area (Å²) in [5.74, 6) is -3.02. The summed E-state index contributed by atoms with van der Waals surface area (Å²) in [6.07, 6.45) is 9.23. The van der Waals surface area contributed by atoms with Crippen LogP contribution in [0.5, 0.6) is 0 Å². The molecule has 1 aliphatic carbocycles. The SMILES string of the molecule is C=Cc1c2[n-]c(c1C)/C=C1\N/C(=C3\c4[n-]c(c(C)c4C(=O)[C@@H]3C(=O)OC)/C=c3\[n-]/c(c(C=O)c3CC)=C\2)[C@@H](CCC(=O)OCC)[C@@H]1C.[Mg+2]. The third-order valence-electron chi connectivity index (χ3n) is 9.69. The normalized spacial score (nSPS) is 23.1. The van der Waals surface area contributed by atoms with E-state index < -0.39 is 17.7 Å². The molecule has 0 amide bonds. The van der Waals surface area contributed by atoms with Gasteiger partial charge in [-0.3, -0.25) is 19.2 Å². The van der Waals surface area contributed by atoms with Crippen molar-refractivity contribution < 1.29 is 28.7 Å². The summed E-state index contributed by atoms with van der Waals surface area (Å²) in [6.45, 7) is 13.8. The third kappa shape index (κ3) is 5.52. The number of esters is 2. The van der Waals surface area contributed by atoms with Gasteiger partial charge in [-0.05, 0) is 44.7 Å². The molecule has 0 radical (unpaired) electrons. The number of methoxy groups -OCH3 is 1. The van der Waals surface area contributed by atoms with Gasteiger partial charge in [0.25, 0.3) is 0 Å². The van der Waals surface area contributed by atoms with Gasteiger partial charge in [-0.25, -0.2) is 0 Å². The number of carbonyl (C=O) groups excluding carboxylic acids is 4. The molecule has 1 saturated heterocycles. The van der Waals surface area contributed by atoms with E-state index in [1.807, 2.05) is 32.9 Å². The van der Waals surface area contributed by atoms with Gasteiger partial charge in [0.1, 0.15) is 12.2 Å². The topological polar surface area (TPSA) is 141 Å². The van der Waals surface area contributed by atoms with Crippen LogP contribution in [0.1, 0.15) is 99.4 Å². The first-order chi connectivity index (χ1) is 22.6.